The molecule has 0 aliphatic carbocycles. The number of ether oxygens (including phenoxy) is 1. The first kappa shape index (κ1) is 14.5. The molecule has 0 heterocycles. The number of phenols is 2. The Morgan fingerprint density at radius 2 is 2.12 bits per heavy atom. The molecule has 0 aliphatic rings. The van der Waals surface area contributed by atoms with Gasteiger partial charge < -0.3 is 20.7 Å². The second-order valence-corrected chi connectivity index (χ2v) is 3.10. The first-order chi connectivity index (χ1) is 7.06. The average Bonchev–Trinajstić information content (AvgIpc) is 2.21. The highest BCUT2D eigenvalue weighted by Gasteiger charge is 2.16. The Bertz CT molecular complexity index is 370. The van der Waals surface area contributed by atoms with Crippen molar-refractivity contribution in [2.24, 2.45) is 5.73 Å². The topological polar surface area (TPSA) is 92.8 Å². The van der Waals surface area contributed by atoms with Crippen LogP contribution in [0.2, 0.25) is 0 Å². The third-order valence-electron chi connectivity index (χ3n) is 2.06. The Kier molecular flexibility index (Phi) is 5.63. The molecule has 0 bridgehead atoms. The summed E-state index contributed by atoms with van der Waals surface area (Å²) in [7, 11) is 1.26. The molecular weight excluding hydrogens is 234 g/mol. The quantitative estimate of drug-likeness (QED) is 0.549. The molecule has 0 aromatic heterocycles. The van der Waals surface area contributed by atoms with Crippen LogP contribution in [-0.2, 0) is 9.53 Å². The van der Waals surface area contributed by atoms with Crippen LogP contribution in [0.1, 0.15) is 18.0 Å². The molecule has 4 N–H and O–H groups in total. The second-order valence-electron chi connectivity index (χ2n) is 3.10. The summed E-state index contributed by atoms with van der Waals surface area (Å²) in [5, 5.41) is 18.7. The van der Waals surface area contributed by atoms with E-state index in [1.54, 1.807) is 12.1 Å². The van der Waals surface area contributed by atoms with Crippen LogP contribution < -0.4 is 5.73 Å². The fourth-order valence-electron chi connectivity index (χ4n) is 1.22. The van der Waals surface area contributed by atoms with Crippen molar-refractivity contribution < 1.29 is 19.7 Å². The third kappa shape index (κ3) is 3.29. The molecule has 0 fully saturated rings. The van der Waals surface area contributed by atoms with Crippen molar-refractivity contribution in [1.82, 2.24) is 0 Å². The molecule has 0 saturated carbocycles. The number of phenolic OH excluding ortho intramolecular Hbond substituents is 2. The molecule has 5 nitrogen and oxygen atoms in total. The maximum Gasteiger partial charge on any atom is 0.307 e. The SMILES string of the molecule is COC(=O)C[C@@H](N)c1cccc(O)c1O.Cl. The monoisotopic (exact) mass is 247 g/mol. The summed E-state index contributed by atoms with van der Waals surface area (Å²) in [6.45, 7) is 0. The Morgan fingerprint density at radius 1 is 1.50 bits per heavy atom. The summed E-state index contributed by atoms with van der Waals surface area (Å²) < 4.78 is 4.45. The van der Waals surface area contributed by atoms with Gasteiger partial charge in [-0.2, -0.15) is 0 Å². The Morgan fingerprint density at radius 3 is 2.69 bits per heavy atom. The van der Waals surface area contributed by atoms with E-state index in [2.05, 4.69) is 4.74 Å². The standard InChI is InChI=1S/C10H13NO4.ClH/c1-15-9(13)5-7(11)6-3-2-4-8(12)10(6)14;/h2-4,7,12,14H,5,11H2,1H3;1H/t7-;/m1./s1. The molecule has 1 rings (SSSR count). The van der Waals surface area contributed by atoms with Crippen LogP contribution in [0.15, 0.2) is 18.2 Å². The van der Waals surface area contributed by atoms with Crippen molar-refractivity contribution >= 4 is 18.4 Å². The van der Waals surface area contributed by atoms with Gasteiger partial charge in [-0.1, -0.05) is 12.1 Å². The van der Waals surface area contributed by atoms with Crippen molar-refractivity contribution in [3.8, 4) is 11.5 Å². The summed E-state index contributed by atoms with van der Waals surface area (Å²) >= 11 is 0. The molecule has 1 aromatic carbocycles. The number of aromatic hydroxyl groups is 2. The maximum atomic E-state index is 10.9. The largest absolute Gasteiger partial charge is 0.504 e. The lowest BCUT2D eigenvalue weighted by Crippen LogP contribution is -2.16. The molecule has 0 spiro atoms. The Balaban J connectivity index is 0.00000225. The van der Waals surface area contributed by atoms with E-state index in [4.69, 9.17) is 5.73 Å². The van der Waals surface area contributed by atoms with Gasteiger partial charge in [-0.15, -0.1) is 12.4 Å². The lowest BCUT2D eigenvalue weighted by atomic mass is 10.0. The van der Waals surface area contributed by atoms with Gasteiger partial charge in [-0.3, -0.25) is 4.79 Å². The highest BCUT2D eigenvalue weighted by molar-refractivity contribution is 5.85. The number of halogens is 1. The first-order valence-corrected chi connectivity index (χ1v) is 4.39. The van der Waals surface area contributed by atoms with Gasteiger partial charge in [-0.05, 0) is 6.07 Å². The minimum absolute atomic E-state index is 0. The summed E-state index contributed by atoms with van der Waals surface area (Å²) in [6, 6.07) is 3.73. The normalized spacial score (nSPS) is 11.4. The molecule has 90 valence electrons. The van der Waals surface area contributed by atoms with E-state index in [1.165, 1.54) is 13.2 Å². The summed E-state index contributed by atoms with van der Waals surface area (Å²) in [4.78, 5) is 10.9. The van der Waals surface area contributed by atoms with Gasteiger partial charge in [0.2, 0.25) is 0 Å². The molecule has 16 heavy (non-hydrogen) atoms. The van der Waals surface area contributed by atoms with Crippen molar-refractivity contribution in [1.29, 1.82) is 0 Å². The van der Waals surface area contributed by atoms with E-state index in [1.807, 2.05) is 0 Å². The van der Waals surface area contributed by atoms with Gasteiger partial charge in [0.25, 0.3) is 0 Å². The number of hydrogen-bond donors (Lipinski definition) is 3. The van der Waals surface area contributed by atoms with Gasteiger partial charge in [0, 0.05) is 11.6 Å². The molecule has 1 atom stereocenters. The molecule has 0 unspecified atom stereocenters. The van der Waals surface area contributed by atoms with E-state index in [9.17, 15) is 15.0 Å². The number of hydrogen-bond acceptors (Lipinski definition) is 5. The number of esters is 1. The summed E-state index contributed by atoms with van der Waals surface area (Å²) in [5.74, 6) is -1.02. The second kappa shape index (κ2) is 6.19. The zero-order chi connectivity index (χ0) is 11.4. The Hall–Kier alpha value is -1.46. The number of rotatable bonds is 3. The van der Waals surface area contributed by atoms with Crippen LogP contribution in [0.5, 0.6) is 11.5 Å². The molecule has 1 aromatic rings. The van der Waals surface area contributed by atoms with Crippen LogP contribution in [0.4, 0.5) is 0 Å². The third-order valence-corrected chi connectivity index (χ3v) is 2.06. The number of carbonyl (C=O) groups excluding carboxylic acids is 1. The number of para-hydroxylation sites is 1. The minimum atomic E-state index is -0.690. The number of carbonyl (C=O) groups is 1. The molecule has 6 heteroatoms. The zero-order valence-electron chi connectivity index (χ0n) is 8.71. The summed E-state index contributed by atoms with van der Waals surface area (Å²) in [5.41, 5.74) is 5.99. The Labute approximate surface area is 99.2 Å². The van der Waals surface area contributed by atoms with Gasteiger partial charge in [0.15, 0.2) is 11.5 Å². The van der Waals surface area contributed by atoms with Crippen LogP contribution in [0, 0.1) is 0 Å². The van der Waals surface area contributed by atoms with Crippen LogP contribution >= 0.6 is 12.4 Å². The van der Waals surface area contributed by atoms with Crippen molar-refractivity contribution in [3.05, 3.63) is 23.8 Å². The maximum absolute atomic E-state index is 10.9. The number of methoxy groups -OCH3 is 1. The lowest BCUT2D eigenvalue weighted by Gasteiger charge is -2.12. The zero-order valence-corrected chi connectivity index (χ0v) is 9.53. The van der Waals surface area contributed by atoms with Gasteiger partial charge in [0.05, 0.1) is 13.5 Å². The van der Waals surface area contributed by atoms with E-state index >= 15 is 0 Å². The van der Waals surface area contributed by atoms with Crippen molar-refractivity contribution in [3.63, 3.8) is 0 Å². The highest BCUT2D eigenvalue weighted by Crippen LogP contribution is 2.32. The molecule has 0 radical (unpaired) electrons. The van der Waals surface area contributed by atoms with Crippen LogP contribution in [-0.4, -0.2) is 23.3 Å². The number of nitrogens with two attached hydrogens (primary N) is 1. The average molecular weight is 248 g/mol. The van der Waals surface area contributed by atoms with E-state index in [0.717, 1.165) is 0 Å². The van der Waals surface area contributed by atoms with E-state index in [-0.39, 0.29) is 30.3 Å². The number of benzene rings is 1. The highest BCUT2D eigenvalue weighted by atomic mass is 35.5. The smallest absolute Gasteiger partial charge is 0.307 e. The first-order valence-electron chi connectivity index (χ1n) is 4.39. The summed E-state index contributed by atoms with van der Waals surface area (Å²) in [6.07, 6.45) is -0.0481. The van der Waals surface area contributed by atoms with Crippen molar-refractivity contribution in [2.75, 3.05) is 7.11 Å². The molecule has 0 aliphatic heterocycles. The van der Waals surface area contributed by atoms with Gasteiger partial charge in [-0.25, -0.2) is 0 Å². The molecule has 0 amide bonds. The van der Waals surface area contributed by atoms with Crippen LogP contribution in [0.25, 0.3) is 0 Å². The molecular formula is C10H14ClNO4. The van der Waals surface area contributed by atoms with Crippen LogP contribution in [0.3, 0.4) is 0 Å². The fourth-order valence-corrected chi connectivity index (χ4v) is 1.22. The predicted octanol–water partition coefficient (Wildman–Crippen LogP) is 1.08. The molecule has 0 saturated heterocycles. The lowest BCUT2D eigenvalue weighted by molar-refractivity contribution is -0.141. The van der Waals surface area contributed by atoms with E-state index in [0.29, 0.717) is 5.56 Å². The van der Waals surface area contributed by atoms with E-state index < -0.39 is 12.0 Å². The van der Waals surface area contributed by atoms with Gasteiger partial charge in [0.1, 0.15) is 0 Å². The van der Waals surface area contributed by atoms with Gasteiger partial charge >= 0.3 is 5.97 Å². The predicted molar refractivity (Wildman–Crippen MR) is 60.6 cm³/mol. The fraction of sp³-hybridized carbons (Fsp3) is 0.300. The van der Waals surface area contributed by atoms with Crippen molar-refractivity contribution in [2.45, 2.75) is 12.5 Å². The minimum Gasteiger partial charge on any atom is -0.504 e.